The SMILES string of the molecule is O=C(Nc1ccccc1)c1cc(N2CCN(c3cccc(Cl)c3)CC2)ncn1. The highest BCUT2D eigenvalue weighted by Gasteiger charge is 2.20. The van der Waals surface area contributed by atoms with Crippen LogP contribution in [0.2, 0.25) is 5.02 Å². The Kier molecular flexibility index (Phi) is 5.39. The first kappa shape index (κ1) is 18.3. The third-order valence-electron chi connectivity index (χ3n) is 4.69. The largest absolute Gasteiger partial charge is 0.368 e. The molecule has 6 nitrogen and oxygen atoms in total. The van der Waals surface area contributed by atoms with Crippen molar-refractivity contribution in [1.29, 1.82) is 0 Å². The Balaban J connectivity index is 1.42. The Hall–Kier alpha value is -3.12. The van der Waals surface area contributed by atoms with Gasteiger partial charge in [-0.25, -0.2) is 9.97 Å². The molecule has 2 heterocycles. The van der Waals surface area contributed by atoms with Gasteiger partial charge in [0.2, 0.25) is 0 Å². The second kappa shape index (κ2) is 8.27. The van der Waals surface area contributed by atoms with E-state index in [-0.39, 0.29) is 5.91 Å². The summed E-state index contributed by atoms with van der Waals surface area (Å²) in [6, 6.07) is 19.0. The molecule has 1 aliphatic rings. The summed E-state index contributed by atoms with van der Waals surface area (Å²) < 4.78 is 0. The van der Waals surface area contributed by atoms with E-state index in [9.17, 15) is 4.79 Å². The van der Waals surface area contributed by atoms with Crippen molar-refractivity contribution in [2.75, 3.05) is 41.3 Å². The van der Waals surface area contributed by atoms with Crippen LogP contribution in [0, 0.1) is 0 Å². The van der Waals surface area contributed by atoms with Crippen molar-refractivity contribution >= 4 is 34.7 Å². The van der Waals surface area contributed by atoms with Gasteiger partial charge in [0, 0.05) is 48.6 Å². The number of anilines is 3. The molecule has 2 aromatic carbocycles. The van der Waals surface area contributed by atoms with Crippen LogP contribution in [0.15, 0.2) is 67.0 Å². The van der Waals surface area contributed by atoms with Gasteiger partial charge >= 0.3 is 0 Å². The number of carbonyl (C=O) groups excluding carboxylic acids is 1. The summed E-state index contributed by atoms with van der Waals surface area (Å²) in [5.41, 5.74) is 2.21. The van der Waals surface area contributed by atoms with Gasteiger partial charge in [-0.2, -0.15) is 0 Å². The molecule has 1 amide bonds. The van der Waals surface area contributed by atoms with Gasteiger partial charge < -0.3 is 15.1 Å². The third-order valence-corrected chi connectivity index (χ3v) is 4.93. The number of aromatic nitrogens is 2. The van der Waals surface area contributed by atoms with Gasteiger partial charge in [0.15, 0.2) is 0 Å². The Morgan fingerprint density at radius 1 is 0.893 bits per heavy atom. The van der Waals surface area contributed by atoms with Crippen molar-refractivity contribution in [3.63, 3.8) is 0 Å². The molecule has 1 N–H and O–H groups in total. The highest BCUT2D eigenvalue weighted by molar-refractivity contribution is 6.30. The smallest absolute Gasteiger partial charge is 0.274 e. The lowest BCUT2D eigenvalue weighted by Gasteiger charge is -2.36. The monoisotopic (exact) mass is 393 g/mol. The van der Waals surface area contributed by atoms with Crippen LogP contribution in [-0.2, 0) is 0 Å². The van der Waals surface area contributed by atoms with Crippen LogP contribution in [-0.4, -0.2) is 42.1 Å². The van der Waals surface area contributed by atoms with Gasteiger partial charge in [0.05, 0.1) is 0 Å². The molecule has 142 valence electrons. The van der Waals surface area contributed by atoms with Crippen LogP contribution in [0.5, 0.6) is 0 Å². The molecule has 3 aromatic rings. The first-order chi connectivity index (χ1) is 13.7. The Morgan fingerprint density at radius 3 is 2.39 bits per heavy atom. The van der Waals surface area contributed by atoms with Gasteiger partial charge in [0.1, 0.15) is 17.8 Å². The lowest BCUT2D eigenvalue weighted by molar-refractivity contribution is 0.102. The van der Waals surface area contributed by atoms with Crippen LogP contribution in [0.25, 0.3) is 0 Å². The van der Waals surface area contributed by atoms with Crippen molar-refractivity contribution in [1.82, 2.24) is 9.97 Å². The molecular formula is C21H20ClN5O. The number of hydrogen-bond donors (Lipinski definition) is 1. The maximum absolute atomic E-state index is 12.5. The molecule has 0 spiro atoms. The topological polar surface area (TPSA) is 61.4 Å². The van der Waals surface area contributed by atoms with E-state index in [0.29, 0.717) is 5.69 Å². The summed E-state index contributed by atoms with van der Waals surface area (Å²) >= 11 is 6.10. The molecule has 7 heteroatoms. The van der Waals surface area contributed by atoms with Gasteiger partial charge in [0.25, 0.3) is 5.91 Å². The van der Waals surface area contributed by atoms with E-state index in [4.69, 9.17) is 11.6 Å². The molecule has 1 saturated heterocycles. The summed E-state index contributed by atoms with van der Waals surface area (Å²) in [5, 5.41) is 3.59. The number of piperazine rings is 1. The van der Waals surface area contributed by atoms with Crippen molar-refractivity contribution in [2.24, 2.45) is 0 Å². The molecule has 0 atom stereocenters. The lowest BCUT2D eigenvalue weighted by Crippen LogP contribution is -2.46. The van der Waals surface area contributed by atoms with Crippen molar-refractivity contribution in [2.45, 2.75) is 0 Å². The molecule has 28 heavy (non-hydrogen) atoms. The number of nitrogens with zero attached hydrogens (tertiary/aromatic N) is 4. The molecule has 0 bridgehead atoms. The fourth-order valence-electron chi connectivity index (χ4n) is 3.23. The minimum atomic E-state index is -0.243. The summed E-state index contributed by atoms with van der Waals surface area (Å²) in [5.74, 6) is 0.520. The van der Waals surface area contributed by atoms with Crippen molar-refractivity contribution in [3.05, 3.63) is 77.7 Å². The number of nitrogens with one attached hydrogen (secondary N) is 1. The highest BCUT2D eigenvalue weighted by Crippen LogP contribution is 2.22. The fraction of sp³-hybridized carbons (Fsp3) is 0.190. The van der Waals surface area contributed by atoms with Crippen LogP contribution in [0.3, 0.4) is 0 Å². The van der Waals surface area contributed by atoms with Gasteiger partial charge in [-0.15, -0.1) is 0 Å². The maximum atomic E-state index is 12.5. The fourth-order valence-corrected chi connectivity index (χ4v) is 3.41. The van der Waals surface area contributed by atoms with E-state index in [1.807, 2.05) is 48.5 Å². The molecule has 1 fully saturated rings. The molecule has 1 aromatic heterocycles. The molecule has 4 rings (SSSR count). The number of hydrogen-bond acceptors (Lipinski definition) is 5. The molecule has 0 unspecified atom stereocenters. The van der Waals surface area contributed by atoms with Crippen molar-refractivity contribution < 1.29 is 4.79 Å². The first-order valence-electron chi connectivity index (χ1n) is 9.13. The normalized spacial score (nSPS) is 14.0. The molecule has 0 radical (unpaired) electrons. The Bertz CT molecular complexity index is 958. The van der Waals surface area contributed by atoms with E-state index in [2.05, 4.69) is 31.2 Å². The lowest BCUT2D eigenvalue weighted by atomic mass is 10.2. The van der Waals surface area contributed by atoms with Gasteiger partial charge in [-0.3, -0.25) is 4.79 Å². The number of carbonyl (C=O) groups is 1. The number of amides is 1. The van der Waals surface area contributed by atoms with E-state index in [1.54, 1.807) is 6.07 Å². The molecule has 0 aliphatic carbocycles. The minimum absolute atomic E-state index is 0.243. The zero-order chi connectivity index (χ0) is 19.3. The van der Waals surface area contributed by atoms with Crippen molar-refractivity contribution in [3.8, 4) is 0 Å². The standard InChI is InChI=1S/C21H20ClN5O/c22-16-5-4-8-18(13-16)26-9-11-27(12-10-26)20-14-19(23-15-24-20)21(28)25-17-6-2-1-3-7-17/h1-8,13-15H,9-12H2,(H,25,28). The summed E-state index contributed by atoms with van der Waals surface area (Å²) in [4.78, 5) is 25.4. The maximum Gasteiger partial charge on any atom is 0.274 e. The van der Waals surface area contributed by atoms with Crippen LogP contribution in [0.4, 0.5) is 17.2 Å². The van der Waals surface area contributed by atoms with Gasteiger partial charge in [-0.1, -0.05) is 35.9 Å². The molecule has 1 aliphatic heterocycles. The highest BCUT2D eigenvalue weighted by atomic mass is 35.5. The number of para-hydroxylation sites is 1. The predicted molar refractivity (Wildman–Crippen MR) is 112 cm³/mol. The molecular weight excluding hydrogens is 374 g/mol. The summed E-state index contributed by atoms with van der Waals surface area (Å²) in [6.45, 7) is 3.33. The first-order valence-corrected chi connectivity index (χ1v) is 9.51. The summed E-state index contributed by atoms with van der Waals surface area (Å²) in [7, 11) is 0. The second-order valence-corrected chi connectivity index (χ2v) is 6.97. The number of benzene rings is 2. The zero-order valence-electron chi connectivity index (χ0n) is 15.3. The van der Waals surface area contributed by atoms with Crippen LogP contribution in [0.1, 0.15) is 10.5 Å². The predicted octanol–water partition coefficient (Wildman–Crippen LogP) is 3.71. The number of halogens is 1. The van der Waals surface area contributed by atoms with E-state index in [1.165, 1.54) is 6.33 Å². The Morgan fingerprint density at radius 2 is 1.64 bits per heavy atom. The van der Waals surface area contributed by atoms with Gasteiger partial charge in [-0.05, 0) is 30.3 Å². The quantitative estimate of drug-likeness (QED) is 0.732. The van der Waals surface area contributed by atoms with E-state index >= 15 is 0 Å². The molecule has 0 saturated carbocycles. The minimum Gasteiger partial charge on any atom is -0.368 e. The summed E-state index contributed by atoms with van der Waals surface area (Å²) in [6.07, 6.45) is 1.44. The zero-order valence-corrected chi connectivity index (χ0v) is 16.0. The number of rotatable bonds is 4. The second-order valence-electron chi connectivity index (χ2n) is 6.54. The Labute approximate surface area is 168 Å². The third kappa shape index (κ3) is 4.23. The average molecular weight is 394 g/mol. The van der Waals surface area contributed by atoms with E-state index < -0.39 is 0 Å². The van der Waals surface area contributed by atoms with Crippen LogP contribution >= 0.6 is 11.6 Å². The van der Waals surface area contributed by atoms with Crippen LogP contribution < -0.4 is 15.1 Å². The van der Waals surface area contributed by atoms with E-state index in [0.717, 1.165) is 48.4 Å². The average Bonchev–Trinajstić information content (AvgIpc) is 2.75.